The van der Waals surface area contributed by atoms with E-state index in [2.05, 4.69) is 0 Å². The third-order valence-corrected chi connectivity index (χ3v) is 12.4. The first-order valence-corrected chi connectivity index (χ1v) is 17.8. The predicted octanol–water partition coefficient (Wildman–Crippen LogP) is 3.00. The van der Waals surface area contributed by atoms with Crippen LogP contribution in [-0.2, 0) is 42.8 Å². The maximum absolute atomic E-state index is 15.4. The fourth-order valence-electron chi connectivity index (χ4n) is 9.50. The number of Topliss-reactive ketones (excluding diaryl/α,β-unsaturated/α-hetero) is 1. The molecule has 53 heavy (non-hydrogen) atoms. The van der Waals surface area contributed by atoms with Crippen molar-refractivity contribution in [2.45, 2.75) is 101 Å². The van der Waals surface area contributed by atoms with Crippen molar-refractivity contribution in [3.63, 3.8) is 0 Å². The van der Waals surface area contributed by atoms with Gasteiger partial charge in [0.15, 0.2) is 17.5 Å². The Morgan fingerprint density at radius 1 is 0.962 bits per heavy atom. The third kappa shape index (κ3) is 5.92. The lowest BCUT2D eigenvalue weighted by molar-refractivity contribution is -0.347. The van der Waals surface area contributed by atoms with Crippen LogP contribution in [0.1, 0.15) is 69.4 Å². The summed E-state index contributed by atoms with van der Waals surface area (Å²) in [4.78, 5) is 56.1. The van der Waals surface area contributed by atoms with E-state index in [4.69, 9.17) is 34.2 Å². The van der Waals surface area contributed by atoms with Crippen molar-refractivity contribution in [3.05, 3.63) is 82.9 Å². The van der Waals surface area contributed by atoms with E-state index in [1.807, 2.05) is 0 Å². The number of nitrogens with two attached hydrogens (primary N) is 1. The van der Waals surface area contributed by atoms with E-state index in [1.54, 1.807) is 88.4 Å². The van der Waals surface area contributed by atoms with Gasteiger partial charge in [0, 0.05) is 39.4 Å². The molecule has 1 aliphatic heterocycles. The van der Waals surface area contributed by atoms with Crippen molar-refractivity contribution in [2.75, 3.05) is 20.8 Å². The number of rotatable bonds is 9. The monoisotopic (exact) mass is 735 g/mol. The van der Waals surface area contributed by atoms with Crippen LogP contribution in [0, 0.1) is 16.7 Å². The highest BCUT2D eigenvalue weighted by Crippen LogP contribution is 2.64. The van der Waals surface area contributed by atoms with Crippen LogP contribution in [0.3, 0.4) is 0 Å². The van der Waals surface area contributed by atoms with Crippen LogP contribution in [0.4, 0.5) is 0 Å². The molecule has 0 spiro atoms. The summed E-state index contributed by atoms with van der Waals surface area (Å²) in [6, 6.07) is 15.6. The Hall–Kier alpha value is -3.98. The molecule has 11 atom stereocenters. The van der Waals surface area contributed by atoms with Gasteiger partial charge in [-0.15, -0.1) is 0 Å². The number of carbonyl (C=O) groups is 4. The molecule has 2 bridgehead atoms. The Balaban J connectivity index is 1.56. The highest BCUT2D eigenvalue weighted by molar-refractivity contribution is 5.94. The Labute approximate surface area is 308 Å². The summed E-state index contributed by atoms with van der Waals surface area (Å²) < 4.78 is 36.6. The van der Waals surface area contributed by atoms with Crippen LogP contribution in [0.5, 0.6) is 0 Å². The highest BCUT2D eigenvalue weighted by atomic mass is 16.6. The fourth-order valence-corrected chi connectivity index (χ4v) is 9.50. The first-order valence-electron chi connectivity index (χ1n) is 17.8. The van der Waals surface area contributed by atoms with Crippen LogP contribution in [0.25, 0.3) is 0 Å². The SMILES string of the molecule is CO[C@H]1C(=O)[C@]2(C)[C@@H](OC)C[C@H]3OC[C@@]3(OC(C)=O)[C@H]2[C@H](OC(=O)c2ccccc2)[C@]2(O)C[C@H](OC(=O)[C@H](O)[C@@H](N)c3ccccc3)C(C)=C1C2(C)C. The van der Waals surface area contributed by atoms with Gasteiger partial charge in [0.25, 0.3) is 0 Å². The predicted molar refractivity (Wildman–Crippen MR) is 188 cm³/mol. The first-order chi connectivity index (χ1) is 25.0. The van der Waals surface area contributed by atoms with Crippen molar-refractivity contribution in [1.29, 1.82) is 0 Å². The van der Waals surface area contributed by atoms with Crippen molar-refractivity contribution in [1.82, 2.24) is 0 Å². The number of ether oxygens (including phenoxy) is 6. The molecule has 286 valence electrons. The number of benzene rings is 2. The maximum atomic E-state index is 15.4. The lowest BCUT2D eigenvalue weighted by atomic mass is 9.44. The first kappa shape index (κ1) is 38.7. The minimum atomic E-state index is -2.14. The quantitative estimate of drug-likeness (QED) is 0.194. The van der Waals surface area contributed by atoms with Crippen LogP contribution in [-0.4, -0.2) is 103 Å². The molecule has 3 aliphatic carbocycles. The molecule has 4 aliphatic rings. The average molecular weight is 736 g/mol. The van der Waals surface area contributed by atoms with Gasteiger partial charge in [-0.2, -0.15) is 0 Å². The molecule has 6 rings (SSSR count). The largest absolute Gasteiger partial charge is 0.456 e. The van der Waals surface area contributed by atoms with Gasteiger partial charge in [-0.3, -0.25) is 9.59 Å². The fraction of sp³-hybridized carbons (Fsp3) is 0.550. The van der Waals surface area contributed by atoms with E-state index in [9.17, 15) is 24.6 Å². The molecule has 0 aromatic heterocycles. The smallest absolute Gasteiger partial charge is 0.338 e. The topological polar surface area (TPSA) is 190 Å². The van der Waals surface area contributed by atoms with E-state index in [-0.39, 0.29) is 25.0 Å². The third-order valence-electron chi connectivity index (χ3n) is 12.4. The van der Waals surface area contributed by atoms with Gasteiger partial charge in [-0.25, -0.2) is 9.59 Å². The number of fused-ring (bicyclic) bond motifs is 5. The number of hydrogen-bond donors (Lipinski definition) is 3. The van der Waals surface area contributed by atoms with Gasteiger partial charge in [-0.1, -0.05) is 62.4 Å². The summed E-state index contributed by atoms with van der Waals surface area (Å²) >= 11 is 0. The standard InChI is InChI=1S/C40H49NO12/c1-21-25(51-36(46)30(43)29(41)23-14-10-8-11-15-23)19-40(47)34(52-35(45)24-16-12-9-13-17-24)32-38(5,33(44)31(49-7)28(21)37(40,3)4)26(48-6)18-27-39(32,20-50-27)53-22(2)42/h8-17,25-27,29-32,34,43,47H,18-20,41H2,1-7H3/t25-,26-,27+,29-,30+,31+,32-,34-,38+,39-,40+/m0/s1. The molecule has 0 unspecified atom stereocenters. The van der Waals surface area contributed by atoms with E-state index < -0.39 is 94.3 Å². The Morgan fingerprint density at radius 2 is 1.58 bits per heavy atom. The van der Waals surface area contributed by atoms with Crippen molar-refractivity contribution in [2.24, 2.45) is 22.5 Å². The Morgan fingerprint density at radius 3 is 2.13 bits per heavy atom. The van der Waals surface area contributed by atoms with Crippen molar-refractivity contribution in [3.8, 4) is 0 Å². The normalized spacial score (nSPS) is 35.6. The van der Waals surface area contributed by atoms with Crippen LogP contribution in [0.15, 0.2) is 71.8 Å². The Kier molecular flexibility index (Phi) is 10.2. The average Bonchev–Trinajstić information content (AvgIpc) is 3.13. The molecule has 1 heterocycles. The van der Waals surface area contributed by atoms with Crippen molar-refractivity contribution >= 4 is 23.7 Å². The van der Waals surface area contributed by atoms with Gasteiger partial charge in [0.1, 0.15) is 30.0 Å². The molecule has 3 fully saturated rings. The Bertz CT molecular complexity index is 1780. The van der Waals surface area contributed by atoms with Crippen LogP contribution >= 0.6 is 0 Å². The molecule has 13 nitrogen and oxygen atoms in total. The number of esters is 3. The summed E-state index contributed by atoms with van der Waals surface area (Å²) in [7, 11) is 2.82. The number of carbonyl (C=O) groups excluding carboxylic acids is 4. The summed E-state index contributed by atoms with van der Waals surface area (Å²) in [6.45, 7) is 7.84. The summed E-state index contributed by atoms with van der Waals surface area (Å²) in [5.74, 6) is -4.26. The molecule has 2 aromatic carbocycles. The lowest BCUT2D eigenvalue weighted by Crippen LogP contribution is -2.82. The molecule has 2 aromatic rings. The molecular formula is C40H49NO12. The zero-order valence-corrected chi connectivity index (χ0v) is 31.1. The zero-order valence-electron chi connectivity index (χ0n) is 31.1. The molecule has 2 saturated carbocycles. The summed E-state index contributed by atoms with van der Waals surface area (Å²) in [5, 5.41) is 24.6. The van der Waals surface area contributed by atoms with E-state index in [1.165, 1.54) is 21.1 Å². The molecule has 4 N–H and O–H groups in total. The van der Waals surface area contributed by atoms with Crippen molar-refractivity contribution < 1.29 is 57.8 Å². The second-order valence-corrected chi connectivity index (χ2v) is 15.4. The molecule has 0 amide bonds. The maximum Gasteiger partial charge on any atom is 0.338 e. The molecule has 13 heteroatoms. The van der Waals surface area contributed by atoms with Crippen LogP contribution in [0.2, 0.25) is 0 Å². The summed E-state index contributed by atoms with van der Waals surface area (Å²) in [6.07, 6.45) is -7.80. The zero-order chi connectivity index (χ0) is 38.7. The molecule has 1 saturated heterocycles. The number of aliphatic hydroxyl groups is 2. The minimum absolute atomic E-state index is 0.151. The second-order valence-electron chi connectivity index (χ2n) is 15.4. The highest BCUT2D eigenvalue weighted by Gasteiger charge is 2.78. The number of ketones is 1. The lowest BCUT2D eigenvalue weighted by Gasteiger charge is -2.67. The number of aliphatic hydroxyl groups excluding tert-OH is 1. The molecule has 0 radical (unpaired) electrons. The van der Waals surface area contributed by atoms with E-state index in [0.717, 1.165) is 0 Å². The molecular weight excluding hydrogens is 686 g/mol. The summed E-state index contributed by atoms with van der Waals surface area (Å²) in [5.41, 5.74) is 0.966. The van der Waals surface area contributed by atoms with Gasteiger partial charge >= 0.3 is 17.9 Å². The number of hydrogen-bond acceptors (Lipinski definition) is 13. The van der Waals surface area contributed by atoms with E-state index >= 15 is 4.79 Å². The van der Waals surface area contributed by atoms with Gasteiger partial charge in [0.05, 0.1) is 35.6 Å². The van der Waals surface area contributed by atoms with E-state index in [0.29, 0.717) is 16.7 Å². The second kappa shape index (κ2) is 14.0. The van der Waals surface area contributed by atoms with Gasteiger partial charge < -0.3 is 44.4 Å². The van der Waals surface area contributed by atoms with Gasteiger partial charge in [0.2, 0.25) is 0 Å². The number of methoxy groups -OCH3 is 2. The van der Waals surface area contributed by atoms with Gasteiger partial charge in [-0.05, 0) is 42.7 Å². The van der Waals surface area contributed by atoms with Crippen LogP contribution < -0.4 is 5.73 Å². The minimum Gasteiger partial charge on any atom is -0.456 e.